The standard InChI is InChI=1S/C38H39F/c1-3-5-7-9-11-30-13-17-32(18-14-30)21-22-34-24-28-37-36(29-34)27-26-35(38(37)39)25-23-33-19-15-31(16-20-33)12-10-8-6-4-2/h13-20,24,26-29H,3-12H2,1-2H3. The first-order valence-corrected chi connectivity index (χ1v) is 14.6. The molecule has 1 heteroatoms. The number of aryl methyl sites for hydroxylation is 2. The summed E-state index contributed by atoms with van der Waals surface area (Å²) in [4.78, 5) is 0. The normalized spacial score (nSPS) is 10.5. The van der Waals surface area contributed by atoms with Crippen molar-refractivity contribution in [2.24, 2.45) is 0 Å². The molecule has 0 saturated heterocycles. The van der Waals surface area contributed by atoms with Crippen LogP contribution in [-0.4, -0.2) is 0 Å². The summed E-state index contributed by atoms with van der Waals surface area (Å²) in [5.41, 5.74) is 5.89. The van der Waals surface area contributed by atoms with E-state index < -0.39 is 0 Å². The Bertz CT molecular complexity index is 1470. The highest BCUT2D eigenvalue weighted by molar-refractivity contribution is 5.86. The molecule has 0 fully saturated rings. The molecule has 0 amide bonds. The van der Waals surface area contributed by atoms with E-state index in [4.69, 9.17) is 0 Å². The van der Waals surface area contributed by atoms with E-state index in [9.17, 15) is 0 Å². The molecule has 4 aromatic rings. The molecule has 0 radical (unpaired) electrons. The van der Waals surface area contributed by atoms with Crippen LogP contribution < -0.4 is 0 Å². The molecule has 0 aliphatic heterocycles. The molecule has 0 aromatic heterocycles. The van der Waals surface area contributed by atoms with E-state index in [0.29, 0.717) is 10.9 Å². The van der Waals surface area contributed by atoms with Crippen LogP contribution in [0.1, 0.15) is 98.6 Å². The fourth-order valence-corrected chi connectivity index (χ4v) is 4.77. The van der Waals surface area contributed by atoms with Gasteiger partial charge in [0.15, 0.2) is 0 Å². The van der Waals surface area contributed by atoms with Crippen molar-refractivity contribution >= 4 is 10.8 Å². The van der Waals surface area contributed by atoms with Gasteiger partial charge < -0.3 is 0 Å². The summed E-state index contributed by atoms with van der Waals surface area (Å²) in [6.45, 7) is 4.47. The minimum atomic E-state index is -0.276. The number of hydrogen-bond acceptors (Lipinski definition) is 0. The molecule has 0 aliphatic carbocycles. The fraction of sp³-hybridized carbons (Fsp3) is 0.316. The monoisotopic (exact) mass is 514 g/mol. The number of benzene rings is 4. The van der Waals surface area contributed by atoms with Gasteiger partial charge in [-0.2, -0.15) is 0 Å². The van der Waals surface area contributed by atoms with Crippen molar-refractivity contribution in [1.82, 2.24) is 0 Å². The number of unbranched alkanes of at least 4 members (excludes halogenated alkanes) is 6. The molecule has 198 valence electrons. The third-order valence-corrected chi connectivity index (χ3v) is 7.19. The van der Waals surface area contributed by atoms with Crippen molar-refractivity contribution in [2.45, 2.75) is 78.1 Å². The third kappa shape index (κ3) is 8.60. The van der Waals surface area contributed by atoms with Crippen molar-refractivity contribution in [3.05, 3.63) is 118 Å². The van der Waals surface area contributed by atoms with Crippen molar-refractivity contribution in [3.63, 3.8) is 0 Å². The third-order valence-electron chi connectivity index (χ3n) is 7.19. The summed E-state index contributed by atoms with van der Waals surface area (Å²) >= 11 is 0. The summed E-state index contributed by atoms with van der Waals surface area (Å²) in [7, 11) is 0. The second-order valence-corrected chi connectivity index (χ2v) is 10.4. The van der Waals surface area contributed by atoms with Crippen LogP contribution in [0.2, 0.25) is 0 Å². The van der Waals surface area contributed by atoms with E-state index in [1.807, 2.05) is 36.4 Å². The number of fused-ring (bicyclic) bond motifs is 1. The Hall–Kier alpha value is -3.81. The second-order valence-electron chi connectivity index (χ2n) is 10.4. The lowest BCUT2D eigenvalue weighted by Gasteiger charge is -2.03. The zero-order valence-electron chi connectivity index (χ0n) is 23.5. The van der Waals surface area contributed by atoms with Crippen LogP contribution in [0.5, 0.6) is 0 Å². The molecule has 0 unspecified atom stereocenters. The Morgan fingerprint density at radius 2 is 1.03 bits per heavy atom. The first kappa shape index (κ1) is 28.2. The first-order chi connectivity index (χ1) is 19.2. The quantitative estimate of drug-likeness (QED) is 0.146. The van der Waals surface area contributed by atoms with E-state index >= 15 is 4.39 Å². The molecule has 0 bridgehead atoms. The van der Waals surface area contributed by atoms with E-state index in [2.05, 4.69) is 73.9 Å². The van der Waals surface area contributed by atoms with Gasteiger partial charge in [0.1, 0.15) is 5.82 Å². The van der Waals surface area contributed by atoms with Gasteiger partial charge in [0.05, 0.1) is 5.56 Å². The zero-order valence-corrected chi connectivity index (χ0v) is 23.5. The minimum absolute atomic E-state index is 0.276. The molecule has 0 spiro atoms. The predicted octanol–water partition coefficient (Wildman–Crippen LogP) is 10.0. The highest BCUT2D eigenvalue weighted by atomic mass is 19.1. The lowest BCUT2D eigenvalue weighted by Crippen LogP contribution is -1.88. The molecule has 39 heavy (non-hydrogen) atoms. The summed E-state index contributed by atoms with van der Waals surface area (Å²) in [6, 6.07) is 26.2. The molecule has 0 N–H and O–H groups in total. The Balaban J connectivity index is 1.40. The average molecular weight is 515 g/mol. The van der Waals surface area contributed by atoms with Gasteiger partial charge in [0.2, 0.25) is 0 Å². The number of halogens is 1. The smallest absolute Gasteiger partial charge is 0.146 e. The van der Waals surface area contributed by atoms with Crippen molar-refractivity contribution in [1.29, 1.82) is 0 Å². The van der Waals surface area contributed by atoms with E-state index in [1.165, 1.54) is 62.5 Å². The summed E-state index contributed by atoms with van der Waals surface area (Å²) in [6.07, 6.45) is 12.4. The molecule has 0 aliphatic rings. The Morgan fingerprint density at radius 1 is 0.513 bits per heavy atom. The van der Waals surface area contributed by atoms with Gasteiger partial charge >= 0.3 is 0 Å². The molecule has 0 atom stereocenters. The lowest BCUT2D eigenvalue weighted by molar-refractivity contribution is 0.636. The summed E-state index contributed by atoms with van der Waals surface area (Å²) in [5.74, 6) is 12.4. The van der Waals surface area contributed by atoms with Gasteiger partial charge in [-0.05, 0) is 84.7 Å². The summed E-state index contributed by atoms with van der Waals surface area (Å²) < 4.78 is 15.3. The predicted molar refractivity (Wildman–Crippen MR) is 164 cm³/mol. The molecule has 0 heterocycles. The van der Waals surface area contributed by atoms with E-state index in [0.717, 1.165) is 34.9 Å². The Labute approximate surface area is 234 Å². The number of hydrogen-bond donors (Lipinski definition) is 0. The van der Waals surface area contributed by atoms with Gasteiger partial charge in [-0.1, -0.05) is 112 Å². The topological polar surface area (TPSA) is 0 Å². The van der Waals surface area contributed by atoms with Crippen molar-refractivity contribution < 1.29 is 4.39 Å². The van der Waals surface area contributed by atoms with Crippen LogP contribution >= 0.6 is 0 Å². The fourth-order valence-electron chi connectivity index (χ4n) is 4.77. The molecular formula is C38H39F. The van der Waals surface area contributed by atoms with Gasteiger partial charge in [-0.3, -0.25) is 0 Å². The van der Waals surface area contributed by atoms with Gasteiger partial charge in [0, 0.05) is 22.1 Å². The second kappa shape index (κ2) is 15.0. The van der Waals surface area contributed by atoms with Crippen molar-refractivity contribution in [2.75, 3.05) is 0 Å². The van der Waals surface area contributed by atoms with Crippen LogP contribution in [0, 0.1) is 29.5 Å². The van der Waals surface area contributed by atoms with Crippen LogP contribution in [-0.2, 0) is 12.8 Å². The van der Waals surface area contributed by atoms with E-state index in [-0.39, 0.29) is 5.82 Å². The number of rotatable bonds is 10. The Kier molecular flexibility index (Phi) is 10.8. The maximum absolute atomic E-state index is 15.3. The highest BCUT2D eigenvalue weighted by Gasteiger charge is 2.06. The lowest BCUT2D eigenvalue weighted by atomic mass is 10.0. The van der Waals surface area contributed by atoms with Gasteiger partial charge in [0.25, 0.3) is 0 Å². The molecule has 4 rings (SSSR count). The minimum Gasteiger partial charge on any atom is -0.205 e. The molecule has 0 saturated carbocycles. The van der Waals surface area contributed by atoms with E-state index in [1.54, 1.807) is 6.07 Å². The highest BCUT2D eigenvalue weighted by Crippen LogP contribution is 2.22. The SMILES string of the molecule is CCCCCCc1ccc(C#Cc2ccc3c(F)c(C#Cc4ccc(CCCCCC)cc4)ccc3c2)cc1. The van der Waals surface area contributed by atoms with Crippen molar-refractivity contribution in [3.8, 4) is 23.7 Å². The largest absolute Gasteiger partial charge is 0.205 e. The molecule has 0 nitrogen and oxygen atoms in total. The Morgan fingerprint density at radius 3 is 1.59 bits per heavy atom. The van der Waals surface area contributed by atoms with Gasteiger partial charge in [-0.15, -0.1) is 0 Å². The van der Waals surface area contributed by atoms with Crippen LogP contribution in [0.3, 0.4) is 0 Å². The maximum Gasteiger partial charge on any atom is 0.146 e. The van der Waals surface area contributed by atoms with Crippen LogP contribution in [0.4, 0.5) is 4.39 Å². The molecular weight excluding hydrogens is 475 g/mol. The van der Waals surface area contributed by atoms with Gasteiger partial charge in [-0.25, -0.2) is 4.39 Å². The van der Waals surface area contributed by atoms with Crippen LogP contribution in [0.15, 0.2) is 78.9 Å². The maximum atomic E-state index is 15.3. The average Bonchev–Trinajstić information content (AvgIpc) is 2.97. The molecule has 4 aromatic carbocycles. The first-order valence-electron chi connectivity index (χ1n) is 14.6. The summed E-state index contributed by atoms with van der Waals surface area (Å²) in [5, 5.41) is 1.40. The zero-order chi connectivity index (χ0) is 27.3. The van der Waals surface area contributed by atoms with Crippen LogP contribution in [0.25, 0.3) is 10.8 Å².